The second kappa shape index (κ2) is 6.49. The standard InChI is InChI=1S/C13H13N3OS2/c1-9-3-5-10(6-4-9)7-8-11(17)14-12-15-16-13(18-2)19-12/h3-8H,1-2H3,(H,14,15,17)/b8-7+. The van der Waals surface area contributed by atoms with Crippen LogP contribution >= 0.6 is 23.1 Å². The van der Waals surface area contributed by atoms with Gasteiger partial charge in [0.1, 0.15) is 0 Å². The highest BCUT2D eigenvalue weighted by Gasteiger charge is 2.04. The van der Waals surface area contributed by atoms with Gasteiger partial charge in [-0.25, -0.2) is 0 Å². The summed E-state index contributed by atoms with van der Waals surface area (Å²) in [6.45, 7) is 2.03. The molecular formula is C13H13N3OS2. The van der Waals surface area contributed by atoms with Crippen molar-refractivity contribution in [2.24, 2.45) is 0 Å². The molecule has 19 heavy (non-hydrogen) atoms. The Morgan fingerprint density at radius 2 is 2.05 bits per heavy atom. The molecule has 0 fully saturated rings. The Morgan fingerprint density at radius 3 is 2.68 bits per heavy atom. The highest BCUT2D eigenvalue weighted by molar-refractivity contribution is 8.00. The summed E-state index contributed by atoms with van der Waals surface area (Å²) in [6, 6.07) is 7.95. The van der Waals surface area contributed by atoms with Gasteiger partial charge in [0.15, 0.2) is 4.34 Å². The Bertz CT molecular complexity index is 590. The Hall–Kier alpha value is -1.66. The zero-order chi connectivity index (χ0) is 13.7. The lowest BCUT2D eigenvalue weighted by molar-refractivity contribution is -0.111. The summed E-state index contributed by atoms with van der Waals surface area (Å²) >= 11 is 2.86. The average molecular weight is 291 g/mol. The molecule has 0 spiro atoms. The number of hydrogen-bond donors (Lipinski definition) is 1. The maximum Gasteiger partial charge on any atom is 0.250 e. The van der Waals surface area contributed by atoms with Crippen LogP contribution in [0.15, 0.2) is 34.7 Å². The van der Waals surface area contributed by atoms with E-state index in [0.717, 1.165) is 9.90 Å². The minimum absolute atomic E-state index is 0.204. The van der Waals surface area contributed by atoms with Crippen molar-refractivity contribution in [3.8, 4) is 0 Å². The second-order valence-electron chi connectivity index (χ2n) is 3.81. The van der Waals surface area contributed by atoms with Gasteiger partial charge >= 0.3 is 0 Å². The number of rotatable bonds is 4. The van der Waals surface area contributed by atoms with Crippen molar-refractivity contribution in [2.75, 3.05) is 11.6 Å². The van der Waals surface area contributed by atoms with E-state index in [1.807, 2.05) is 37.4 Å². The molecule has 1 aromatic carbocycles. The van der Waals surface area contributed by atoms with E-state index in [2.05, 4.69) is 15.5 Å². The van der Waals surface area contributed by atoms with Gasteiger partial charge in [0.25, 0.3) is 0 Å². The van der Waals surface area contributed by atoms with Crippen LogP contribution < -0.4 is 5.32 Å². The van der Waals surface area contributed by atoms with Crippen LogP contribution in [-0.4, -0.2) is 22.4 Å². The fourth-order valence-corrected chi connectivity index (χ4v) is 2.51. The van der Waals surface area contributed by atoms with E-state index in [-0.39, 0.29) is 5.91 Å². The number of anilines is 1. The molecular weight excluding hydrogens is 278 g/mol. The maximum atomic E-state index is 11.7. The number of carbonyl (C=O) groups excluding carboxylic acids is 1. The Balaban J connectivity index is 1.95. The average Bonchev–Trinajstić information content (AvgIpc) is 2.86. The summed E-state index contributed by atoms with van der Waals surface area (Å²) < 4.78 is 0.831. The fourth-order valence-electron chi connectivity index (χ4n) is 1.34. The van der Waals surface area contributed by atoms with Crippen LogP contribution in [-0.2, 0) is 4.79 Å². The number of nitrogens with zero attached hydrogens (tertiary/aromatic N) is 2. The maximum absolute atomic E-state index is 11.7. The quantitative estimate of drug-likeness (QED) is 0.534. The first-order valence-corrected chi connectivity index (χ1v) is 7.65. The molecule has 1 heterocycles. The van der Waals surface area contributed by atoms with Gasteiger partial charge in [-0.1, -0.05) is 52.9 Å². The molecule has 1 amide bonds. The molecule has 2 aromatic rings. The molecule has 0 bridgehead atoms. The molecule has 0 aliphatic carbocycles. The summed E-state index contributed by atoms with van der Waals surface area (Å²) in [5.41, 5.74) is 2.18. The van der Waals surface area contributed by atoms with Crippen LogP contribution in [0.1, 0.15) is 11.1 Å². The normalized spacial score (nSPS) is 10.8. The lowest BCUT2D eigenvalue weighted by atomic mass is 10.1. The SMILES string of the molecule is CSc1nnc(NC(=O)/C=C/c2ccc(C)cc2)s1. The van der Waals surface area contributed by atoms with Gasteiger partial charge in [-0.05, 0) is 24.8 Å². The van der Waals surface area contributed by atoms with E-state index >= 15 is 0 Å². The lowest BCUT2D eigenvalue weighted by Gasteiger charge is -1.96. The fraction of sp³-hybridized carbons (Fsp3) is 0.154. The minimum atomic E-state index is -0.204. The summed E-state index contributed by atoms with van der Waals surface area (Å²) in [4.78, 5) is 11.7. The minimum Gasteiger partial charge on any atom is -0.297 e. The smallest absolute Gasteiger partial charge is 0.250 e. The van der Waals surface area contributed by atoms with Gasteiger partial charge in [-0.3, -0.25) is 10.1 Å². The third-order valence-corrected chi connectivity index (χ3v) is 4.13. The topological polar surface area (TPSA) is 54.9 Å². The highest BCUT2D eigenvalue weighted by atomic mass is 32.2. The van der Waals surface area contributed by atoms with Crippen LogP contribution in [0.25, 0.3) is 6.08 Å². The van der Waals surface area contributed by atoms with Gasteiger partial charge < -0.3 is 0 Å². The van der Waals surface area contributed by atoms with Crippen LogP contribution in [0.4, 0.5) is 5.13 Å². The van der Waals surface area contributed by atoms with E-state index in [0.29, 0.717) is 5.13 Å². The first-order chi connectivity index (χ1) is 9.17. The van der Waals surface area contributed by atoms with Crippen molar-refractivity contribution in [1.29, 1.82) is 0 Å². The number of aromatic nitrogens is 2. The summed E-state index contributed by atoms with van der Waals surface area (Å²) in [7, 11) is 0. The van der Waals surface area contributed by atoms with E-state index in [1.165, 1.54) is 34.7 Å². The number of amides is 1. The monoisotopic (exact) mass is 291 g/mol. The zero-order valence-corrected chi connectivity index (χ0v) is 12.2. The first-order valence-electron chi connectivity index (χ1n) is 5.60. The van der Waals surface area contributed by atoms with Gasteiger partial charge in [-0.15, -0.1) is 10.2 Å². The van der Waals surface area contributed by atoms with Gasteiger partial charge in [0.05, 0.1) is 0 Å². The van der Waals surface area contributed by atoms with Gasteiger partial charge in [0.2, 0.25) is 11.0 Å². The first kappa shape index (κ1) is 13.8. The summed E-state index contributed by atoms with van der Waals surface area (Å²) in [5, 5.41) is 11.0. The number of aryl methyl sites for hydroxylation is 1. The van der Waals surface area contributed by atoms with Crippen LogP contribution in [0, 0.1) is 6.92 Å². The third kappa shape index (κ3) is 4.18. The zero-order valence-electron chi connectivity index (χ0n) is 10.6. The molecule has 0 aliphatic heterocycles. The van der Waals surface area contributed by atoms with Crippen molar-refractivity contribution in [1.82, 2.24) is 10.2 Å². The number of hydrogen-bond acceptors (Lipinski definition) is 5. The molecule has 0 atom stereocenters. The van der Waals surface area contributed by atoms with E-state index in [1.54, 1.807) is 6.08 Å². The molecule has 4 nitrogen and oxygen atoms in total. The van der Waals surface area contributed by atoms with Gasteiger partial charge in [-0.2, -0.15) is 0 Å². The van der Waals surface area contributed by atoms with Crippen molar-refractivity contribution >= 4 is 40.2 Å². The van der Waals surface area contributed by atoms with Crippen molar-refractivity contribution < 1.29 is 4.79 Å². The largest absolute Gasteiger partial charge is 0.297 e. The Kier molecular flexibility index (Phi) is 4.70. The van der Waals surface area contributed by atoms with Crippen LogP contribution in [0.2, 0.25) is 0 Å². The molecule has 0 saturated heterocycles. The summed E-state index contributed by atoms with van der Waals surface area (Å²) in [6.07, 6.45) is 5.18. The van der Waals surface area contributed by atoms with Crippen LogP contribution in [0.5, 0.6) is 0 Å². The molecule has 0 saturated carbocycles. The number of nitrogens with one attached hydrogen (secondary N) is 1. The van der Waals surface area contributed by atoms with Crippen molar-refractivity contribution in [3.05, 3.63) is 41.5 Å². The predicted octanol–water partition coefficient (Wildman–Crippen LogP) is 3.22. The number of thioether (sulfide) groups is 1. The van der Waals surface area contributed by atoms with E-state index < -0.39 is 0 Å². The molecule has 0 radical (unpaired) electrons. The molecule has 2 rings (SSSR count). The lowest BCUT2D eigenvalue weighted by Crippen LogP contribution is -2.07. The predicted molar refractivity (Wildman–Crippen MR) is 80.5 cm³/mol. The Labute approximate surface area is 120 Å². The Morgan fingerprint density at radius 1 is 1.32 bits per heavy atom. The molecule has 6 heteroatoms. The number of carbonyl (C=O) groups is 1. The number of benzene rings is 1. The third-order valence-electron chi connectivity index (χ3n) is 2.32. The molecule has 1 aromatic heterocycles. The molecule has 0 unspecified atom stereocenters. The van der Waals surface area contributed by atoms with E-state index in [9.17, 15) is 4.79 Å². The van der Waals surface area contributed by atoms with Crippen molar-refractivity contribution in [3.63, 3.8) is 0 Å². The van der Waals surface area contributed by atoms with Crippen molar-refractivity contribution in [2.45, 2.75) is 11.3 Å². The molecule has 0 aliphatic rings. The summed E-state index contributed by atoms with van der Waals surface area (Å²) in [5.74, 6) is -0.204. The second-order valence-corrected chi connectivity index (χ2v) is 5.84. The van der Waals surface area contributed by atoms with Gasteiger partial charge in [0, 0.05) is 6.08 Å². The molecule has 1 N–H and O–H groups in total. The van der Waals surface area contributed by atoms with Crippen LogP contribution in [0.3, 0.4) is 0 Å². The highest BCUT2D eigenvalue weighted by Crippen LogP contribution is 2.22. The molecule has 98 valence electrons. The van der Waals surface area contributed by atoms with E-state index in [4.69, 9.17) is 0 Å².